The van der Waals surface area contributed by atoms with Gasteiger partial charge in [-0.2, -0.15) is 14.0 Å². The summed E-state index contributed by atoms with van der Waals surface area (Å²) in [4.78, 5) is 18.6. The number of aromatic nitrogens is 2. The van der Waals surface area contributed by atoms with Crippen LogP contribution in [0.3, 0.4) is 0 Å². The van der Waals surface area contributed by atoms with Crippen molar-refractivity contribution in [2.75, 3.05) is 18.0 Å². The Bertz CT molecular complexity index is 900. The van der Waals surface area contributed by atoms with E-state index in [0.29, 0.717) is 36.5 Å². The van der Waals surface area contributed by atoms with Gasteiger partial charge in [-0.05, 0) is 31.0 Å². The Morgan fingerprint density at radius 1 is 1.43 bits per heavy atom. The van der Waals surface area contributed by atoms with Crippen molar-refractivity contribution in [2.45, 2.75) is 32.9 Å². The second-order valence-corrected chi connectivity index (χ2v) is 7.47. The Morgan fingerprint density at radius 3 is 2.79 bits per heavy atom. The lowest BCUT2D eigenvalue weighted by atomic mass is 9.79. The van der Waals surface area contributed by atoms with Gasteiger partial charge in [-0.1, -0.05) is 18.5 Å². The molecule has 0 radical (unpaired) electrons. The van der Waals surface area contributed by atoms with Crippen LogP contribution in [0.5, 0.6) is 0 Å². The van der Waals surface area contributed by atoms with Crippen LogP contribution in [0.1, 0.15) is 37.7 Å². The fourth-order valence-corrected chi connectivity index (χ4v) is 3.55. The number of amides is 1. The summed E-state index contributed by atoms with van der Waals surface area (Å²) in [6.07, 6.45) is 3.63. The molecule has 1 saturated heterocycles. The predicted octanol–water partition coefficient (Wildman–Crippen LogP) is 3.73. The zero-order valence-corrected chi connectivity index (χ0v) is 16.1. The minimum absolute atomic E-state index is 0.0504. The van der Waals surface area contributed by atoms with E-state index in [-0.39, 0.29) is 18.3 Å². The number of hydrogen-bond donors (Lipinski definition) is 1. The van der Waals surface area contributed by atoms with E-state index in [1.165, 1.54) is 12.4 Å². The smallest absolute Gasteiger partial charge is 0.319 e. The van der Waals surface area contributed by atoms with Crippen LogP contribution in [-0.4, -0.2) is 28.5 Å². The average molecular weight is 408 g/mol. The van der Waals surface area contributed by atoms with Crippen LogP contribution in [0.25, 0.3) is 0 Å². The molecule has 2 aromatic rings. The number of halogens is 3. The van der Waals surface area contributed by atoms with Gasteiger partial charge in [0.25, 0.3) is 0 Å². The first-order valence-corrected chi connectivity index (χ1v) is 9.24. The molecule has 0 spiro atoms. The largest absolute Gasteiger partial charge is 0.370 e. The summed E-state index contributed by atoms with van der Waals surface area (Å²) in [6.45, 7) is 0.331. The maximum absolute atomic E-state index is 12.9. The van der Waals surface area contributed by atoms with E-state index < -0.39 is 12.0 Å². The second-order valence-electron chi connectivity index (χ2n) is 7.03. The zero-order chi connectivity index (χ0) is 20.3. The quantitative estimate of drug-likeness (QED) is 0.819. The highest BCUT2D eigenvalue weighted by Crippen LogP contribution is 2.35. The van der Waals surface area contributed by atoms with E-state index in [0.717, 1.165) is 10.3 Å². The molecule has 0 bridgehead atoms. The lowest BCUT2D eigenvalue weighted by molar-refractivity contribution is -0.131. The van der Waals surface area contributed by atoms with Crippen LogP contribution in [0.4, 0.5) is 14.5 Å². The third kappa shape index (κ3) is 4.09. The molecule has 28 heavy (non-hydrogen) atoms. The van der Waals surface area contributed by atoms with Gasteiger partial charge in [0, 0.05) is 35.9 Å². The summed E-state index contributed by atoms with van der Waals surface area (Å²) >= 11 is 5.95. The summed E-state index contributed by atoms with van der Waals surface area (Å²) < 4.78 is 26.5. The number of alkyl halides is 2. The number of nitrogens with zero attached hydrogens (tertiary/aromatic N) is 4. The Hall–Kier alpha value is -2.66. The Labute approximate surface area is 166 Å². The van der Waals surface area contributed by atoms with E-state index in [1.54, 1.807) is 12.1 Å². The molecule has 2 heterocycles. The zero-order valence-electron chi connectivity index (χ0n) is 15.3. The van der Waals surface area contributed by atoms with Crippen molar-refractivity contribution in [3.63, 3.8) is 0 Å². The predicted molar refractivity (Wildman–Crippen MR) is 101 cm³/mol. The molecule has 9 heteroatoms. The number of nitrogens with one attached hydrogen (secondary N) is 1. The number of benzene rings is 1. The monoisotopic (exact) mass is 407 g/mol. The number of nitriles is 1. The lowest BCUT2D eigenvalue weighted by Crippen LogP contribution is -2.47. The van der Waals surface area contributed by atoms with Crippen LogP contribution in [0.15, 0.2) is 30.6 Å². The van der Waals surface area contributed by atoms with E-state index in [2.05, 4.69) is 21.3 Å². The highest BCUT2D eigenvalue weighted by Gasteiger charge is 2.37. The normalized spacial score (nSPS) is 16.1. The van der Waals surface area contributed by atoms with Crippen LogP contribution < -0.4 is 10.2 Å². The van der Waals surface area contributed by atoms with E-state index in [1.807, 2.05) is 13.0 Å². The molecule has 1 fully saturated rings. The molecule has 3 rings (SSSR count). The van der Waals surface area contributed by atoms with Crippen molar-refractivity contribution in [3.8, 4) is 6.07 Å². The van der Waals surface area contributed by atoms with Gasteiger partial charge in [0.2, 0.25) is 5.91 Å². The van der Waals surface area contributed by atoms with Crippen LogP contribution in [-0.2, 0) is 11.3 Å². The topological polar surface area (TPSA) is 74.0 Å². The van der Waals surface area contributed by atoms with Crippen molar-refractivity contribution in [2.24, 2.45) is 5.41 Å². The van der Waals surface area contributed by atoms with Crippen LogP contribution in [0, 0.1) is 16.7 Å². The van der Waals surface area contributed by atoms with Crippen molar-refractivity contribution in [1.29, 1.82) is 5.26 Å². The molecule has 1 aliphatic rings. The molecular formula is C19H20ClF2N5O. The van der Waals surface area contributed by atoms with Gasteiger partial charge in [0.1, 0.15) is 11.9 Å². The standard InChI is InChI=1S/C19H20ClF2N5O/c1-19(17(28)25-12-16-24-6-9-27(16)18(21)22)4-7-26(8-5-19)15-3-2-14(20)10-13(15)11-23/h2-3,6,9-10,18H,4-5,7-8,12H2,1H3,(H,25,28). The molecule has 1 aliphatic heterocycles. The Balaban J connectivity index is 1.62. The molecule has 0 aliphatic carbocycles. The summed E-state index contributed by atoms with van der Waals surface area (Å²) in [6, 6.07) is 7.33. The maximum Gasteiger partial charge on any atom is 0.319 e. The van der Waals surface area contributed by atoms with E-state index in [4.69, 9.17) is 11.6 Å². The molecule has 1 aromatic carbocycles. The van der Waals surface area contributed by atoms with Crippen molar-refractivity contribution in [3.05, 3.63) is 47.0 Å². The molecule has 1 amide bonds. The molecule has 6 nitrogen and oxygen atoms in total. The first-order chi connectivity index (χ1) is 13.3. The van der Waals surface area contributed by atoms with Gasteiger partial charge in [0.15, 0.2) is 0 Å². The number of carbonyl (C=O) groups excluding carboxylic acids is 1. The van der Waals surface area contributed by atoms with Crippen LogP contribution >= 0.6 is 11.6 Å². The van der Waals surface area contributed by atoms with Gasteiger partial charge in [-0.25, -0.2) is 4.98 Å². The van der Waals surface area contributed by atoms with E-state index in [9.17, 15) is 18.8 Å². The van der Waals surface area contributed by atoms with Gasteiger partial charge in [-0.15, -0.1) is 0 Å². The van der Waals surface area contributed by atoms with E-state index >= 15 is 0 Å². The molecule has 0 saturated carbocycles. The van der Waals surface area contributed by atoms with Crippen LogP contribution in [0.2, 0.25) is 5.02 Å². The molecule has 0 atom stereocenters. The summed E-state index contributed by atoms with van der Waals surface area (Å²) in [7, 11) is 0. The number of rotatable bonds is 5. The fourth-order valence-electron chi connectivity index (χ4n) is 3.37. The molecule has 148 valence electrons. The minimum Gasteiger partial charge on any atom is -0.370 e. The average Bonchev–Trinajstić information content (AvgIpc) is 3.15. The molecular weight excluding hydrogens is 388 g/mol. The van der Waals surface area contributed by atoms with Gasteiger partial charge >= 0.3 is 6.55 Å². The highest BCUT2D eigenvalue weighted by molar-refractivity contribution is 6.30. The van der Waals surface area contributed by atoms with Crippen molar-refractivity contribution >= 4 is 23.2 Å². The number of hydrogen-bond acceptors (Lipinski definition) is 4. The third-order valence-electron chi connectivity index (χ3n) is 5.20. The number of piperidine rings is 1. The van der Waals surface area contributed by atoms with Crippen molar-refractivity contribution in [1.82, 2.24) is 14.9 Å². The molecule has 1 N–H and O–H groups in total. The minimum atomic E-state index is -2.69. The second kappa shape index (κ2) is 8.15. The Kier molecular flexibility index (Phi) is 5.84. The number of imidazole rings is 1. The third-order valence-corrected chi connectivity index (χ3v) is 5.44. The van der Waals surface area contributed by atoms with Crippen molar-refractivity contribution < 1.29 is 13.6 Å². The molecule has 1 aromatic heterocycles. The van der Waals surface area contributed by atoms with Gasteiger partial charge < -0.3 is 10.2 Å². The maximum atomic E-state index is 12.9. The first-order valence-electron chi connectivity index (χ1n) is 8.87. The lowest BCUT2D eigenvalue weighted by Gasteiger charge is -2.39. The number of carbonyl (C=O) groups is 1. The fraction of sp³-hybridized carbons (Fsp3) is 0.421. The summed E-state index contributed by atoms with van der Waals surface area (Å²) in [5.74, 6) is -0.0724. The van der Waals surface area contributed by atoms with Gasteiger partial charge in [0.05, 0.1) is 17.8 Å². The van der Waals surface area contributed by atoms with Gasteiger partial charge in [-0.3, -0.25) is 9.36 Å². The first kappa shape index (κ1) is 20.1. The summed E-state index contributed by atoms with van der Waals surface area (Å²) in [5, 5.41) is 12.6. The Morgan fingerprint density at radius 2 is 2.14 bits per heavy atom. The molecule has 0 unspecified atom stereocenters. The SMILES string of the molecule is CC1(C(=O)NCc2nccn2C(F)F)CCN(c2ccc(Cl)cc2C#N)CC1. The number of anilines is 1. The summed E-state index contributed by atoms with van der Waals surface area (Å²) in [5.41, 5.74) is 0.686. The highest BCUT2D eigenvalue weighted by atomic mass is 35.5.